The van der Waals surface area contributed by atoms with E-state index >= 15 is 0 Å². The monoisotopic (exact) mass is 136 g/mol. The molecule has 0 N–H and O–H groups in total. The first-order chi connectivity index (χ1) is 4.81. The van der Waals surface area contributed by atoms with Crippen molar-refractivity contribution in [2.24, 2.45) is 23.7 Å². The molecule has 10 heavy (non-hydrogen) atoms. The van der Waals surface area contributed by atoms with Crippen molar-refractivity contribution in [1.29, 1.82) is 0 Å². The first kappa shape index (κ1) is 6.45. The minimum absolute atomic E-state index is 0.876. The summed E-state index contributed by atoms with van der Waals surface area (Å²) >= 11 is 0. The summed E-state index contributed by atoms with van der Waals surface area (Å²) in [7, 11) is 0. The maximum Gasteiger partial charge on any atom is -0.0205 e. The molecule has 56 valence electrons. The summed E-state index contributed by atoms with van der Waals surface area (Å²) in [6, 6.07) is 0. The molecule has 0 aromatic heterocycles. The van der Waals surface area contributed by atoms with E-state index in [1.54, 1.807) is 0 Å². The van der Waals surface area contributed by atoms with Crippen LogP contribution in [0.4, 0.5) is 0 Å². The molecule has 0 heterocycles. The zero-order chi connectivity index (χ0) is 7.14. The third-order valence-electron chi connectivity index (χ3n) is 3.57. The van der Waals surface area contributed by atoms with Gasteiger partial charge in [0.2, 0.25) is 0 Å². The topological polar surface area (TPSA) is 0 Å². The van der Waals surface area contributed by atoms with Crippen molar-refractivity contribution in [3.8, 4) is 0 Å². The highest BCUT2D eigenvalue weighted by molar-refractivity contribution is 4.99. The Hall–Kier alpha value is -0.260. The predicted molar refractivity (Wildman–Crippen MR) is 43.7 cm³/mol. The molecule has 0 spiro atoms. The highest BCUT2D eigenvalue weighted by Crippen LogP contribution is 2.51. The third-order valence-corrected chi connectivity index (χ3v) is 3.57. The lowest BCUT2D eigenvalue weighted by Gasteiger charge is -2.22. The summed E-state index contributed by atoms with van der Waals surface area (Å²) < 4.78 is 0. The molecule has 2 aliphatic carbocycles. The van der Waals surface area contributed by atoms with E-state index in [1.165, 1.54) is 19.3 Å². The molecule has 0 amide bonds. The Morgan fingerprint density at radius 3 is 2.40 bits per heavy atom. The van der Waals surface area contributed by atoms with Crippen molar-refractivity contribution in [3.05, 3.63) is 12.7 Å². The maximum absolute atomic E-state index is 3.89. The van der Waals surface area contributed by atoms with E-state index in [0.29, 0.717) is 0 Å². The number of fused-ring (bicyclic) bond motifs is 2. The number of allylic oxidation sites excluding steroid dienone is 1. The van der Waals surface area contributed by atoms with Gasteiger partial charge in [0, 0.05) is 0 Å². The van der Waals surface area contributed by atoms with Crippen LogP contribution in [0.5, 0.6) is 0 Å². The van der Waals surface area contributed by atoms with Crippen LogP contribution in [0.3, 0.4) is 0 Å². The Balaban J connectivity index is 2.08. The minimum Gasteiger partial charge on any atom is -0.103 e. The fourth-order valence-corrected chi connectivity index (χ4v) is 2.90. The Morgan fingerprint density at radius 1 is 1.20 bits per heavy atom. The van der Waals surface area contributed by atoms with Gasteiger partial charge in [-0.15, -0.1) is 6.58 Å². The van der Waals surface area contributed by atoms with Gasteiger partial charge in [-0.1, -0.05) is 13.0 Å². The number of rotatable bonds is 1. The normalized spacial score (nSPS) is 51.7. The molecule has 2 rings (SSSR count). The first-order valence-electron chi connectivity index (χ1n) is 4.44. The molecule has 4 unspecified atom stereocenters. The molecule has 0 aromatic carbocycles. The standard InChI is InChI=1S/C10H16/c1-3-8-5-9-6-10(8)4-7(9)2/h3,7-10H,1,4-6H2,2H3. The lowest BCUT2D eigenvalue weighted by molar-refractivity contribution is 0.311. The number of hydrogen-bond donors (Lipinski definition) is 0. The first-order valence-corrected chi connectivity index (χ1v) is 4.44. The van der Waals surface area contributed by atoms with Crippen molar-refractivity contribution >= 4 is 0 Å². The number of hydrogen-bond acceptors (Lipinski definition) is 0. The molecule has 0 heteroatoms. The quantitative estimate of drug-likeness (QED) is 0.486. The third kappa shape index (κ3) is 0.744. The Labute approximate surface area is 63.3 Å². The summed E-state index contributed by atoms with van der Waals surface area (Å²) in [6.45, 7) is 6.29. The highest BCUT2D eigenvalue weighted by Gasteiger charge is 2.42. The van der Waals surface area contributed by atoms with Crippen molar-refractivity contribution < 1.29 is 0 Å². The molecule has 2 fully saturated rings. The van der Waals surface area contributed by atoms with Gasteiger partial charge in [0.15, 0.2) is 0 Å². The average molecular weight is 136 g/mol. The van der Waals surface area contributed by atoms with E-state index in [9.17, 15) is 0 Å². The summed E-state index contributed by atoms with van der Waals surface area (Å²) in [5.74, 6) is 3.95. The highest BCUT2D eigenvalue weighted by atomic mass is 14.5. The second-order valence-electron chi connectivity index (χ2n) is 4.10. The smallest absolute Gasteiger partial charge is 0.0205 e. The van der Waals surface area contributed by atoms with E-state index in [2.05, 4.69) is 19.6 Å². The molecule has 2 bridgehead atoms. The van der Waals surface area contributed by atoms with Gasteiger partial charge in [-0.05, 0) is 42.9 Å². The van der Waals surface area contributed by atoms with Crippen molar-refractivity contribution in [1.82, 2.24) is 0 Å². The van der Waals surface area contributed by atoms with Gasteiger partial charge < -0.3 is 0 Å². The van der Waals surface area contributed by atoms with E-state index in [4.69, 9.17) is 0 Å². The van der Waals surface area contributed by atoms with Crippen LogP contribution in [0, 0.1) is 23.7 Å². The van der Waals surface area contributed by atoms with Crippen LogP contribution in [0.2, 0.25) is 0 Å². The van der Waals surface area contributed by atoms with Gasteiger partial charge in [-0.25, -0.2) is 0 Å². The Kier molecular flexibility index (Phi) is 1.36. The molecule has 0 aliphatic heterocycles. The predicted octanol–water partition coefficient (Wildman–Crippen LogP) is 2.85. The zero-order valence-corrected chi connectivity index (χ0v) is 6.72. The van der Waals surface area contributed by atoms with Crippen LogP contribution >= 0.6 is 0 Å². The Morgan fingerprint density at radius 2 is 2.00 bits per heavy atom. The Bertz CT molecular complexity index is 146. The molecule has 0 nitrogen and oxygen atoms in total. The summed E-state index contributed by atoms with van der Waals surface area (Å²) in [6.07, 6.45) is 6.59. The van der Waals surface area contributed by atoms with Gasteiger partial charge in [-0.3, -0.25) is 0 Å². The summed E-state index contributed by atoms with van der Waals surface area (Å²) in [5, 5.41) is 0. The minimum atomic E-state index is 0.876. The fourth-order valence-electron chi connectivity index (χ4n) is 2.90. The summed E-state index contributed by atoms with van der Waals surface area (Å²) in [4.78, 5) is 0. The van der Waals surface area contributed by atoms with E-state index in [-0.39, 0.29) is 0 Å². The molecule has 4 atom stereocenters. The van der Waals surface area contributed by atoms with Gasteiger partial charge in [0.05, 0.1) is 0 Å². The zero-order valence-electron chi connectivity index (χ0n) is 6.72. The van der Waals surface area contributed by atoms with Crippen molar-refractivity contribution in [3.63, 3.8) is 0 Å². The van der Waals surface area contributed by atoms with Crippen LogP contribution < -0.4 is 0 Å². The molecule has 2 aliphatic rings. The molecule has 0 radical (unpaired) electrons. The van der Waals surface area contributed by atoms with Crippen molar-refractivity contribution in [2.45, 2.75) is 26.2 Å². The van der Waals surface area contributed by atoms with Crippen molar-refractivity contribution in [2.75, 3.05) is 0 Å². The van der Waals surface area contributed by atoms with E-state index < -0.39 is 0 Å². The van der Waals surface area contributed by atoms with Crippen LogP contribution in [0.25, 0.3) is 0 Å². The van der Waals surface area contributed by atoms with Crippen LogP contribution in [0.15, 0.2) is 12.7 Å². The van der Waals surface area contributed by atoms with Gasteiger partial charge in [-0.2, -0.15) is 0 Å². The van der Waals surface area contributed by atoms with Gasteiger partial charge in [0.1, 0.15) is 0 Å². The SMILES string of the molecule is C=CC1CC2CC1CC2C. The molecule has 0 aromatic rings. The largest absolute Gasteiger partial charge is 0.103 e. The van der Waals surface area contributed by atoms with E-state index in [1.807, 2.05) is 0 Å². The molecular weight excluding hydrogens is 120 g/mol. The lowest BCUT2D eigenvalue weighted by atomic mass is 9.83. The average Bonchev–Trinajstić information content (AvgIpc) is 2.44. The van der Waals surface area contributed by atoms with Crippen LogP contribution in [0.1, 0.15) is 26.2 Å². The second-order valence-corrected chi connectivity index (χ2v) is 4.10. The second kappa shape index (κ2) is 2.11. The molecular formula is C10H16. The van der Waals surface area contributed by atoms with Crippen LogP contribution in [-0.2, 0) is 0 Å². The fraction of sp³-hybridized carbons (Fsp3) is 0.800. The van der Waals surface area contributed by atoms with Gasteiger partial charge >= 0.3 is 0 Å². The maximum atomic E-state index is 3.89. The van der Waals surface area contributed by atoms with E-state index in [0.717, 1.165) is 23.7 Å². The molecule has 2 saturated carbocycles. The molecule has 0 saturated heterocycles. The van der Waals surface area contributed by atoms with Crippen LogP contribution in [-0.4, -0.2) is 0 Å². The lowest BCUT2D eigenvalue weighted by Crippen LogP contribution is -2.13. The summed E-state index contributed by atoms with van der Waals surface area (Å²) in [5.41, 5.74) is 0. The van der Waals surface area contributed by atoms with Gasteiger partial charge in [0.25, 0.3) is 0 Å².